The van der Waals surface area contributed by atoms with E-state index in [-0.39, 0.29) is 24.1 Å². The smallest absolute Gasteiger partial charge is 0.239 e. The Kier molecular flexibility index (Phi) is 3.82. The fourth-order valence-corrected chi connectivity index (χ4v) is 2.76. The highest BCUT2D eigenvalue weighted by Gasteiger charge is 2.37. The average molecular weight is 226 g/mol. The van der Waals surface area contributed by atoms with Crippen LogP contribution in [0, 0.1) is 0 Å². The van der Waals surface area contributed by atoms with Gasteiger partial charge in [-0.1, -0.05) is 19.8 Å². The van der Waals surface area contributed by atoms with Crippen molar-refractivity contribution in [1.29, 1.82) is 0 Å². The summed E-state index contributed by atoms with van der Waals surface area (Å²) in [5.41, 5.74) is 5.84. The lowest BCUT2D eigenvalue weighted by atomic mass is 9.89. The largest absolute Gasteiger partial charge is 0.374 e. The van der Waals surface area contributed by atoms with Crippen molar-refractivity contribution in [3.63, 3.8) is 0 Å². The first-order valence-electron chi connectivity index (χ1n) is 6.41. The van der Waals surface area contributed by atoms with Crippen LogP contribution in [-0.2, 0) is 9.53 Å². The monoisotopic (exact) mass is 226 g/mol. The highest BCUT2D eigenvalue weighted by molar-refractivity contribution is 5.82. The van der Waals surface area contributed by atoms with Gasteiger partial charge in [0.1, 0.15) is 0 Å². The van der Waals surface area contributed by atoms with E-state index in [1.165, 1.54) is 12.8 Å². The van der Waals surface area contributed by atoms with Crippen molar-refractivity contribution in [1.82, 2.24) is 4.90 Å². The molecule has 4 heteroatoms. The van der Waals surface area contributed by atoms with Crippen molar-refractivity contribution in [2.75, 3.05) is 13.2 Å². The van der Waals surface area contributed by atoms with Gasteiger partial charge >= 0.3 is 0 Å². The molecular weight excluding hydrogens is 204 g/mol. The molecule has 1 heterocycles. The Morgan fingerprint density at radius 1 is 1.50 bits per heavy atom. The second-order valence-corrected chi connectivity index (χ2v) is 4.81. The molecule has 0 aromatic rings. The highest BCUT2D eigenvalue weighted by Crippen LogP contribution is 2.28. The minimum absolute atomic E-state index is 0.114. The molecule has 3 atom stereocenters. The molecule has 0 aromatic heterocycles. The summed E-state index contributed by atoms with van der Waals surface area (Å²) < 4.78 is 5.74. The Morgan fingerprint density at radius 2 is 2.25 bits per heavy atom. The molecule has 3 unspecified atom stereocenters. The fourth-order valence-electron chi connectivity index (χ4n) is 2.76. The Hall–Kier alpha value is -0.610. The third kappa shape index (κ3) is 2.23. The molecule has 4 nitrogen and oxygen atoms in total. The molecule has 2 N–H and O–H groups in total. The van der Waals surface area contributed by atoms with E-state index in [0.29, 0.717) is 19.6 Å². The quantitative estimate of drug-likeness (QED) is 0.761. The minimum atomic E-state index is -0.333. The van der Waals surface area contributed by atoms with E-state index in [1.54, 1.807) is 0 Å². The number of hydrogen-bond acceptors (Lipinski definition) is 3. The molecule has 1 amide bonds. The summed E-state index contributed by atoms with van der Waals surface area (Å²) in [6, 6.07) is -0.0479. The summed E-state index contributed by atoms with van der Waals surface area (Å²) in [7, 11) is 0. The molecule has 1 aliphatic heterocycles. The van der Waals surface area contributed by atoms with E-state index in [9.17, 15) is 4.79 Å². The van der Waals surface area contributed by atoms with Gasteiger partial charge in [0.25, 0.3) is 0 Å². The number of hydrogen-bond donors (Lipinski definition) is 1. The van der Waals surface area contributed by atoms with Gasteiger partial charge < -0.3 is 15.4 Å². The van der Waals surface area contributed by atoms with E-state index in [1.807, 2.05) is 11.8 Å². The number of carbonyl (C=O) groups excluding carboxylic acids is 1. The summed E-state index contributed by atoms with van der Waals surface area (Å²) in [5.74, 6) is 0.114. The van der Waals surface area contributed by atoms with E-state index in [4.69, 9.17) is 10.5 Å². The van der Waals surface area contributed by atoms with Gasteiger partial charge in [0.15, 0.2) is 0 Å². The highest BCUT2D eigenvalue weighted by atomic mass is 16.5. The van der Waals surface area contributed by atoms with Crippen LogP contribution in [-0.4, -0.2) is 42.1 Å². The second kappa shape index (κ2) is 5.15. The van der Waals surface area contributed by atoms with Gasteiger partial charge in [0, 0.05) is 6.54 Å². The molecule has 92 valence electrons. The molecule has 16 heavy (non-hydrogen) atoms. The first-order chi connectivity index (χ1) is 7.74. The van der Waals surface area contributed by atoms with Crippen LogP contribution in [0.1, 0.15) is 39.0 Å². The molecule has 2 rings (SSSR count). The maximum Gasteiger partial charge on any atom is 0.239 e. The van der Waals surface area contributed by atoms with Gasteiger partial charge in [-0.05, 0) is 19.3 Å². The van der Waals surface area contributed by atoms with Crippen LogP contribution in [0.25, 0.3) is 0 Å². The topological polar surface area (TPSA) is 55.6 Å². The van der Waals surface area contributed by atoms with Crippen molar-refractivity contribution in [3.8, 4) is 0 Å². The normalized spacial score (nSPS) is 32.0. The standard InChI is InChI=1S/C12H22N2O2/c1-2-9(13)12(15)14-7-8-16-11-6-4-3-5-10(11)14/h9-11H,2-8,13H2,1H3. The first-order valence-corrected chi connectivity index (χ1v) is 6.41. The molecule has 1 saturated heterocycles. The molecule has 0 radical (unpaired) electrons. The Bertz CT molecular complexity index is 255. The predicted octanol–water partition coefficient (Wildman–Crippen LogP) is 0.894. The summed E-state index contributed by atoms with van der Waals surface area (Å²) in [4.78, 5) is 14.1. The number of rotatable bonds is 2. The number of amides is 1. The third-order valence-electron chi connectivity index (χ3n) is 3.77. The van der Waals surface area contributed by atoms with Crippen LogP contribution in [0.2, 0.25) is 0 Å². The minimum Gasteiger partial charge on any atom is -0.374 e. The summed E-state index contributed by atoms with van der Waals surface area (Å²) >= 11 is 0. The zero-order valence-corrected chi connectivity index (χ0v) is 10.0. The predicted molar refractivity (Wildman–Crippen MR) is 62.0 cm³/mol. The lowest BCUT2D eigenvalue weighted by Crippen LogP contribution is -2.58. The van der Waals surface area contributed by atoms with Crippen molar-refractivity contribution < 1.29 is 9.53 Å². The van der Waals surface area contributed by atoms with Gasteiger partial charge in [-0.25, -0.2) is 0 Å². The molecule has 2 fully saturated rings. The number of carbonyl (C=O) groups is 1. The maximum atomic E-state index is 12.1. The number of nitrogens with two attached hydrogens (primary N) is 1. The van der Waals surface area contributed by atoms with Crippen LogP contribution < -0.4 is 5.73 Å². The van der Waals surface area contributed by atoms with E-state index in [2.05, 4.69) is 0 Å². The van der Waals surface area contributed by atoms with Crippen molar-refractivity contribution in [3.05, 3.63) is 0 Å². The lowest BCUT2D eigenvalue weighted by molar-refractivity contribution is -0.150. The SMILES string of the molecule is CCC(N)C(=O)N1CCOC2CCCCC21. The molecular formula is C12H22N2O2. The number of fused-ring (bicyclic) bond motifs is 1. The zero-order chi connectivity index (χ0) is 11.5. The fraction of sp³-hybridized carbons (Fsp3) is 0.917. The van der Waals surface area contributed by atoms with Crippen molar-refractivity contribution >= 4 is 5.91 Å². The molecule has 2 aliphatic rings. The van der Waals surface area contributed by atoms with Crippen molar-refractivity contribution in [2.24, 2.45) is 5.73 Å². The van der Waals surface area contributed by atoms with Gasteiger partial charge in [-0.3, -0.25) is 4.79 Å². The number of morpholine rings is 1. The average Bonchev–Trinajstić information content (AvgIpc) is 2.36. The Balaban J connectivity index is 2.04. The van der Waals surface area contributed by atoms with Crippen LogP contribution in [0.3, 0.4) is 0 Å². The Morgan fingerprint density at radius 3 is 3.00 bits per heavy atom. The molecule has 1 aliphatic carbocycles. The molecule has 0 spiro atoms. The summed E-state index contributed by atoms with van der Waals surface area (Å²) in [6.07, 6.45) is 5.57. The zero-order valence-electron chi connectivity index (χ0n) is 10.0. The van der Waals surface area contributed by atoms with Gasteiger partial charge in [0.2, 0.25) is 5.91 Å². The summed E-state index contributed by atoms with van der Waals surface area (Å²) in [6.45, 7) is 3.35. The summed E-state index contributed by atoms with van der Waals surface area (Å²) in [5, 5.41) is 0. The van der Waals surface area contributed by atoms with E-state index < -0.39 is 0 Å². The van der Waals surface area contributed by atoms with Gasteiger partial charge in [-0.15, -0.1) is 0 Å². The van der Waals surface area contributed by atoms with Gasteiger partial charge in [-0.2, -0.15) is 0 Å². The maximum absolute atomic E-state index is 12.1. The van der Waals surface area contributed by atoms with E-state index >= 15 is 0 Å². The van der Waals surface area contributed by atoms with E-state index in [0.717, 1.165) is 12.8 Å². The van der Waals surface area contributed by atoms with Crippen LogP contribution in [0.15, 0.2) is 0 Å². The van der Waals surface area contributed by atoms with Crippen LogP contribution >= 0.6 is 0 Å². The second-order valence-electron chi connectivity index (χ2n) is 4.81. The molecule has 1 saturated carbocycles. The molecule has 0 aromatic carbocycles. The van der Waals surface area contributed by atoms with Crippen LogP contribution in [0.5, 0.6) is 0 Å². The van der Waals surface area contributed by atoms with Crippen LogP contribution in [0.4, 0.5) is 0 Å². The third-order valence-corrected chi connectivity index (χ3v) is 3.77. The van der Waals surface area contributed by atoms with Crippen molar-refractivity contribution in [2.45, 2.75) is 57.2 Å². The lowest BCUT2D eigenvalue weighted by Gasteiger charge is -2.44. The number of ether oxygens (including phenoxy) is 1. The molecule has 0 bridgehead atoms. The first kappa shape index (κ1) is 11.9. The number of nitrogens with zero attached hydrogens (tertiary/aromatic N) is 1. The Labute approximate surface area is 97.1 Å². The van der Waals surface area contributed by atoms with Gasteiger partial charge in [0.05, 0.1) is 24.8 Å².